The number of pyridine rings is 1. The van der Waals surface area contributed by atoms with Crippen molar-refractivity contribution in [1.82, 2.24) is 15.2 Å². The molecule has 128 valence electrons. The number of benzene rings is 1. The molecule has 0 unspecified atom stereocenters. The molecule has 3 rings (SSSR count). The predicted molar refractivity (Wildman–Crippen MR) is 86.8 cm³/mol. The maximum absolute atomic E-state index is 12.7. The van der Waals surface area contributed by atoms with E-state index in [-0.39, 0.29) is 21.7 Å². The van der Waals surface area contributed by atoms with Crippen LogP contribution in [0.4, 0.5) is 19.0 Å². The van der Waals surface area contributed by atoms with Crippen LogP contribution in [0, 0.1) is 0 Å². The Morgan fingerprint density at radius 2 is 1.68 bits per heavy atom. The Bertz CT molecular complexity index is 979. The average Bonchev–Trinajstić information content (AvgIpc) is 2.57. The summed E-state index contributed by atoms with van der Waals surface area (Å²) in [7, 11) is 0. The van der Waals surface area contributed by atoms with Gasteiger partial charge < -0.3 is 5.32 Å². The topological polar surface area (TPSA) is 67.8 Å². The summed E-state index contributed by atoms with van der Waals surface area (Å²) in [6.07, 6.45) is -3.57. The van der Waals surface area contributed by atoms with Crippen LogP contribution < -0.4 is 5.32 Å². The number of anilines is 1. The lowest BCUT2D eigenvalue weighted by molar-refractivity contribution is -0.137. The highest BCUT2D eigenvalue weighted by Crippen LogP contribution is 2.30. The highest BCUT2D eigenvalue weighted by Gasteiger charge is 2.30. The third-order valence-electron chi connectivity index (χ3n) is 3.28. The van der Waals surface area contributed by atoms with Crippen molar-refractivity contribution in [3.63, 3.8) is 0 Å². The highest BCUT2D eigenvalue weighted by molar-refractivity contribution is 6.38. The smallest absolute Gasteiger partial charge is 0.307 e. The maximum Gasteiger partial charge on any atom is 0.416 e. The van der Waals surface area contributed by atoms with E-state index in [1.807, 2.05) is 0 Å². The molecule has 2 aromatic heterocycles. The first-order valence-electron chi connectivity index (χ1n) is 6.72. The second-order valence-corrected chi connectivity index (χ2v) is 5.64. The summed E-state index contributed by atoms with van der Waals surface area (Å²) in [5.41, 5.74) is -0.765. The van der Waals surface area contributed by atoms with Gasteiger partial charge in [-0.05, 0) is 24.3 Å². The van der Waals surface area contributed by atoms with Crippen molar-refractivity contribution in [2.75, 3.05) is 5.32 Å². The van der Waals surface area contributed by atoms with Gasteiger partial charge in [-0.3, -0.25) is 4.79 Å². The first kappa shape index (κ1) is 17.4. The van der Waals surface area contributed by atoms with Crippen LogP contribution in [-0.2, 0) is 6.18 Å². The second-order valence-electron chi connectivity index (χ2n) is 4.92. The van der Waals surface area contributed by atoms with E-state index in [1.54, 1.807) is 0 Å². The summed E-state index contributed by atoms with van der Waals surface area (Å²) >= 11 is 11.8. The van der Waals surface area contributed by atoms with Gasteiger partial charge in [-0.2, -0.15) is 13.2 Å². The van der Waals surface area contributed by atoms with Crippen LogP contribution in [0.5, 0.6) is 0 Å². The SMILES string of the molecule is O=C(Nc1cc(C(F)(F)F)ccn1)c1ccc2c(Cl)nnc(Cl)c2c1. The van der Waals surface area contributed by atoms with E-state index in [1.165, 1.54) is 18.2 Å². The summed E-state index contributed by atoms with van der Waals surface area (Å²) in [5.74, 6) is -0.880. The lowest BCUT2D eigenvalue weighted by Crippen LogP contribution is -2.14. The molecular weight excluding hydrogens is 380 g/mol. The number of carbonyl (C=O) groups is 1. The first-order chi connectivity index (χ1) is 11.8. The molecule has 0 fully saturated rings. The van der Waals surface area contributed by atoms with Gasteiger partial charge in [0.1, 0.15) is 5.82 Å². The summed E-state index contributed by atoms with van der Waals surface area (Å²) in [5, 5.41) is 10.7. The van der Waals surface area contributed by atoms with Crippen molar-refractivity contribution in [2.45, 2.75) is 6.18 Å². The number of alkyl halides is 3. The van der Waals surface area contributed by atoms with Gasteiger partial charge >= 0.3 is 6.18 Å². The number of aromatic nitrogens is 3. The van der Waals surface area contributed by atoms with E-state index in [0.29, 0.717) is 10.8 Å². The minimum absolute atomic E-state index is 0.0474. The zero-order chi connectivity index (χ0) is 18.2. The molecular formula is C15H7Cl2F3N4O. The van der Waals surface area contributed by atoms with Crippen LogP contribution >= 0.6 is 23.2 Å². The number of rotatable bonds is 2. The largest absolute Gasteiger partial charge is 0.416 e. The fraction of sp³-hybridized carbons (Fsp3) is 0.0667. The van der Waals surface area contributed by atoms with Crippen molar-refractivity contribution in [3.05, 3.63) is 58.0 Å². The summed E-state index contributed by atoms with van der Waals surface area (Å²) in [6.45, 7) is 0. The molecule has 0 saturated carbocycles. The number of fused-ring (bicyclic) bond motifs is 1. The molecule has 0 aliphatic rings. The summed E-state index contributed by atoms with van der Waals surface area (Å²) in [6, 6.07) is 5.93. The zero-order valence-electron chi connectivity index (χ0n) is 12.1. The lowest BCUT2D eigenvalue weighted by Gasteiger charge is -2.09. The fourth-order valence-electron chi connectivity index (χ4n) is 2.10. The lowest BCUT2D eigenvalue weighted by atomic mass is 10.1. The Hall–Kier alpha value is -2.45. The minimum atomic E-state index is -4.53. The van der Waals surface area contributed by atoms with E-state index < -0.39 is 17.6 Å². The van der Waals surface area contributed by atoms with E-state index in [4.69, 9.17) is 23.2 Å². The molecule has 1 aromatic carbocycles. The van der Waals surface area contributed by atoms with Gasteiger partial charge in [-0.1, -0.05) is 29.3 Å². The number of halogens is 5. The number of carbonyl (C=O) groups excluding carboxylic acids is 1. The molecule has 0 atom stereocenters. The van der Waals surface area contributed by atoms with E-state index in [9.17, 15) is 18.0 Å². The monoisotopic (exact) mass is 386 g/mol. The van der Waals surface area contributed by atoms with Crippen LogP contribution in [0.15, 0.2) is 36.5 Å². The molecule has 3 aromatic rings. The van der Waals surface area contributed by atoms with Crippen LogP contribution in [0.25, 0.3) is 10.8 Å². The minimum Gasteiger partial charge on any atom is -0.307 e. The molecule has 0 spiro atoms. The Balaban J connectivity index is 1.92. The van der Waals surface area contributed by atoms with Crippen molar-refractivity contribution >= 4 is 45.7 Å². The average molecular weight is 387 g/mol. The maximum atomic E-state index is 12.7. The van der Waals surface area contributed by atoms with Gasteiger partial charge in [-0.25, -0.2) is 4.98 Å². The van der Waals surface area contributed by atoms with Crippen LogP contribution in [0.2, 0.25) is 10.3 Å². The molecule has 1 amide bonds. The molecule has 10 heteroatoms. The highest BCUT2D eigenvalue weighted by atomic mass is 35.5. The Labute approximate surface area is 148 Å². The first-order valence-corrected chi connectivity index (χ1v) is 7.47. The molecule has 0 bridgehead atoms. The van der Waals surface area contributed by atoms with Gasteiger partial charge in [-0.15, -0.1) is 10.2 Å². The van der Waals surface area contributed by atoms with E-state index in [2.05, 4.69) is 20.5 Å². The Morgan fingerprint density at radius 1 is 1.00 bits per heavy atom. The van der Waals surface area contributed by atoms with Gasteiger partial charge in [0.15, 0.2) is 10.3 Å². The third kappa shape index (κ3) is 3.64. The molecule has 1 N–H and O–H groups in total. The molecule has 0 aliphatic heterocycles. The van der Waals surface area contributed by atoms with Crippen molar-refractivity contribution in [1.29, 1.82) is 0 Å². The van der Waals surface area contributed by atoms with E-state index >= 15 is 0 Å². The summed E-state index contributed by atoms with van der Waals surface area (Å²) in [4.78, 5) is 16.0. The second kappa shape index (κ2) is 6.45. The molecule has 0 radical (unpaired) electrons. The molecule has 25 heavy (non-hydrogen) atoms. The fourth-order valence-corrected chi connectivity index (χ4v) is 2.49. The molecule has 5 nitrogen and oxygen atoms in total. The zero-order valence-corrected chi connectivity index (χ0v) is 13.6. The molecule has 0 aliphatic carbocycles. The Kier molecular flexibility index (Phi) is 4.49. The normalized spacial score (nSPS) is 11.6. The van der Waals surface area contributed by atoms with Crippen molar-refractivity contribution < 1.29 is 18.0 Å². The molecule has 0 saturated heterocycles. The number of hydrogen-bond acceptors (Lipinski definition) is 4. The summed E-state index contributed by atoms with van der Waals surface area (Å²) < 4.78 is 38.1. The number of hydrogen-bond donors (Lipinski definition) is 1. The third-order valence-corrected chi connectivity index (χ3v) is 3.84. The predicted octanol–water partition coefficient (Wildman–Crippen LogP) is 4.60. The molecule has 2 heterocycles. The Morgan fingerprint density at radius 3 is 2.36 bits per heavy atom. The van der Waals surface area contributed by atoms with Crippen molar-refractivity contribution in [2.24, 2.45) is 0 Å². The quantitative estimate of drug-likeness (QED) is 0.698. The van der Waals surface area contributed by atoms with Gasteiger partial charge in [0.25, 0.3) is 5.91 Å². The van der Waals surface area contributed by atoms with E-state index in [0.717, 1.165) is 18.3 Å². The number of amides is 1. The van der Waals surface area contributed by atoms with Crippen LogP contribution in [0.3, 0.4) is 0 Å². The van der Waals surface area contributed by atoms with Crippen molar-refractivity contribution in [3.8, 4) is 0 Å². The van der Waals surface area contributed by atoms with Gasteiger partial charge in [0, 0.05) is 22.5 Å². The number of nitrogens with zero attached hydrogens (tertiary/aromatic N) is 3. The van der Waals surface area contributed by atoms with Gasteiger partial charge in [0.05, 0.1) is 5.56 Å². The van der Waals surface area contributed by atoms with Gasteiger partial charge in [0.2, 0.25) is 0 Å². The van der Waals surface area contributed by atoms with Crippen LogP contribution in [0.1, 0.15) is 15.9 Å². The number of nitrogens with one attached hydrogen (secondary N) is 1. The van der Waals surface area contributed by atoms with Crippen LogP contribution in [-0.4, -0.2) is 21.1 Å². The standard InChI is InChI=1S/C15H7Cl2F3N4O/c16-12-9-2-1-7(5-10(9)13(17)24-23-12)14(25)22-11-6-8(3-4-21-11)15(18,19)20/h1-6H,(H,21,22,25).